The van der Waals surface area contributed by atoms with E-state index < -0.39 is 6.04 Å². The Morgan fingerprint density at radius 2 is 1.96 bits per heavy atom. The second-order valence-corrected chi connectivity index (χ2v) is 6.92. The number of benzene rings is 1. The molecule has 2 unspecified atom stereocenters. The molecule has 2 atom stereocenters. The Bertz CT molecular complexity index is 601. The van der Waals surface area contributed by atoms with Gasteiger partial charge in [-0.1, -0.05) is 12.1 Å². The van der Waals surface area contributed by atoms with Crippen molar-refractivity contribution in [3.05, 3.63) is 29.8 Å². The zero-order valence-corrected chi connectivity index (χ0v) is 14.8. The topological polar surface area (TPSA) is 59.1 Å². The van der Waals surface area contributed by atoms with E-state index in [9.17, 15) is 9.59 Å². The van der Waals surface area contributed by atoms with Crippen LogP contribution < -0.4 is 4.74 Å². The van der Waals surface area contributed by atoms with Crippen LogP contribution in [0.25, 0.3) is 0 Å². The fourth-order valence-electron chi connectivity index (χ4n) is 3.05. The number of amides is 2. The molecule has 7 heteroatoms. The lowest BCUT2D eigenvalue weighted by Gasteiger charge is -2.35. The molecule has 2 aliphatic heterocycles. The van der Waals surface area contributed by atoms with Crippen molar-refractivity contribution in [2.24, 2.45) is 0 Å². The molecule has 0 saturated carbocycles. The van der Waals surface area contributed by atoms with Gasteiger partial charge in [-0.15, -0.1) is 11.8 Å². The molecule has 0 aliphatic carbocycles. The van der Waals surface area contributed by atoms with Gasteiger partial charge in [0.15, 0.2) is 0 Å². The molecule has 2 saturated heterocycles. The van der Waals surface area contributed by atoms with Crippen LogP contribution in [-0.2, 0) is 14.3 Å². The van der Waals surface area contributed by atoms with Gasteiger partial charge in [-0.2, -0.15) is 0 Å². The van der Waals surface area contributed by atoms with Crippen molar-refractivity contribution in [2.45, 2.75) is 18.3 Å². The Hall–Kier alpha value is -1.73. The molecular weight excluding hydrogens is 328 g/mol. The van der Waals surface area contributed by atoms with Gasteiger partial charge in [-0.3, -0.25) is 9.59 Å². The van der Waals surface area contributed by atoms with E-state index in [2.05, 4.69) is 0 Å². The summed E-state index contributed by atoms with van der Waals surface area (Å²) in [5, 5.41) is -0.136. The minimum Gasteiger partial charge on any atom is -0.497 e. The maximum Gasteiger partial charge on any atom is 0.245 e. The highest BCUT2D eigenvalue weighted by molar-refractivity contribution is 8.00. The number of nitrogens with zero attached hydrogens (tertiary/aromatic N) is 2. The van der Waals surface area contributed by atoms with Gasteiger partial charge >= 0.3 is 0 Å². The number of hydrogen-bond donors (Lipinski definition) is 0. The van der Waals surface area contributed by atoms with Gasteiger partial charge in [0.2, 0.25) is 11.8 Å². The van der Waals surface area contributed by atoms with Crippen LogP contribution in [0.5, 0.6) is 5.75 Å². The van der Waals surface area contributed by atoms with Crippen molar-refractivity contribution in [3.8, 4) is 5.75 Å². The van der Waals surface area contributed by atoms with Crippen LogP contribution in [0.3, 0.4) is 0 Å². The van der Waals surface area contributed by atoms with Crippen LogP contribution in [0.1, 0.15) is 17.9 Å². The number of carbonyl (C=O) groups excluding carboxylic acids is 2. The van der Waals surface area contributed by atoms with Crippen LogP contribution >= 0.6 is 11.8 Å². The van der Waals surface area contributed by atoms with Crippen molar-refractivity contribution >= 4 is 23.6 Å². The smallest absolute Gasteiger partial charge is 0.245 e. The van der Waals surface area contributed by atoms with E-state index in [1.165, 1.54) is 0 Å². The highest BCUT2D eigenvalue weighted by atomic mass is 32.2. The zero-order valence-electron chi connectivity index (χ0n) is 13.9. The summed E-state index contributed by atoms with van der Waals surface area (Å²) in [5.74, 6) is 1.18. The third kappa shape index (κ3) is 3.37. The first-order valence-corrected chi connectivity index (χ1v) is 9.10. The van der Waals surface area contributed by atoms with Gasteiger partial charge in [0.1, 0.15) is 17.2 Å². The summed E-state index contributed by atoms with van der Waals surface area (Å²) < 4.78 is 10.5. The third-order valence-electron chi connectivity index (χ3n) is 4.40. The van der Waals surface area contributed by atoms with Crippen molar-refractivity contribution in [3.63, 3.8) is 0 Å². The van der Waals surface area contributed by atoms with Crippen LogP contribution in [-0.4, -0.2) is 66.8 Å². The molecule has 24 heavy (non-hydrogen) atoms. The average molecular weight is 350 g/mol. The van der Waals surface area contributed by atoms with Crippen molar-refractivity contribution in [1.82, 2.24) is 9.80 Å². The number of rotatable bonds is 4. The molecule has 2 heterocycles. The Labute approximate surface area is 146 Å². The number of thioether (sulfide) groups is 1. The number of hydrogen-bond acceptors (Lipinski definition) is 5. The van der Waals surface area contributed by atoms with E-state index in [-0.39, 0.29) is 17.2 Å². The lowest BCUT2D eigenvalue weighted by Crippen LogP contribution is -2.51. The summed E-state index contributed by atoms with van der Waals surface area (Å²) in [6, 6.07) is 7.19. The molecule has 0 radical (unpaired) electrons. The van der Waals surface area contributed by atoms with E-state index >= 15 is 0 Å². The Morgan fingerprint density at radius 3 is 2.58 bits per heavy atom. The van der Waals surface area contributed by atoms with Gasteiger partial charge < -0.3 is 19.3 Å². The molecule has 1 aromatic rings. The predicted molar refractivity (Wildman–Crippen MR) is 91.9 cm³/mol. The minimum atomic E-state index is -0.474. The average Bonchev–Trinajstić information content (AvgIpc) is 3.02. The first-order valence-electron chi connectivity index (χ1n) is 8.05. The summed E-state index contributed by atoms with van der Waals surface area (Å²) in [6.07, 6.45) is 0. The van der Waals surface area contributed by atoms with Gasteiger partial charge in [-0.25, -0.2) is 0 Å². The molecule has 0 N–H and O–H groups in total. The normalized spacial score (nSPS) is 22.6. The van der Waals surface area contributed by atoms with Crippen LogP contribution in [0.4, 0.5) is 0 Å². The molecule has 0 aromatic heterocycles. The maximum atomic E-state index is 12.8. The molecule has 1 aromatic carbocycles. The van der Waals surface area contributed by atoms with Crippen LogP contribution in [0.15, 0.2) is 24.3 Å². The van der Waals surface area contributed by atoms with Crippen molar-refractivity contribution in [2.75, 3.05) is 39.2 Å². The summed E-state index contributed by atoms with van der Waals surface area (Å²) in [5.41, 5.74) is 1.01. The Kier molecular flexibility index (Phi) is 5.30. The fraction of sp³-hybridized carbons (Fsp3) is 0.529. The second kappa shape index (κ2) is 7.44. The van der Waals surface area contributed by atoms with Crippen LogP contribution in [0.2, 0.25) is 0 Å². The number of methoxy groups -OCH3 is 1. The minimum absolute atomic E-state index is 0.00679. The molecule has 2 fully saturated rings. The third-order valence-corrected chi connectivity index (χ3v) is 5.63. The van der Waals surface area contributed by atoms with E-state index in [1.807, 2.05) is 31.2 Å². The number of carbonyl (C=O) groups is 2. The van der Waals surface area contributed by atoms with E-state index in [4.69, 9.17) is 9.47 Å². The fourth-order valence-corrected chi connectivity index (χ4v) is 4.31. The Balaban J connectivity index is 1.77. The first kappa shape index (κ1) is 17.1. The molecular formula is C17H22N2O4S. The first-order chi connectivity index (χ1) is 11.6. The van der Waals surface area contributed by atoms with Gasteiger partial charge in [0.05, 0.1) is 26.1 Å². The van der Waals surface area contributed by atoms with Gasteiger partial charge in [0, 0.05) is 13.1 Å². The Morgan fingerprint density at radius 1 is 1.29 bits per heavy atom. The summed E-state index contributed by atoms with van der Waals surface area (Å²) in [7, 11) is 1.62. The number of ether oxygens (including phenoxy) is 2. The van der Waals surface area contributed by atoms with Gasteiger partial charge in [0.25, 0.3) is 0 Å². The molecule has 0 bridgehead atoms. The zero-order chi connectivity index (χ0) is 17.1. The van der Waals surface area contributed by atoms with E-state index in [0.717, 1.165) is 11.3 Å². The quantitative estimate of drug-likeness (QED) is 0.824. The van der Waals surface area contributed by atoms with Crippen molar-refractivity contribution in [1.29, 1.82) is 0 Å². The van der Waals surface area contributed by atoms with Crippen molar-refractivity contribution < 1.29 is 19.1 Å². The highest BCUT2D eigenvalue weighted by Crippen LogP contribution is 2.40. The molecule has 6 nitrogen and oxygen atoms in total. The molecule has 3 rings (SSSR count). The maximum absolute atomic E-state index is 12.8. The molecule has 2 amide bonds. The molecule has 2 aliphatic rings. The summed E-state index contributed by atoms with van der Waals surface area (Å²) in [4.78, 5) is 28.6. The SMILES string of the molecule is COc1ccc(C2SCC(=O)N2C(C)C(=O)N2CCOCC2)cc1. The lowest BCUT2D eigenvalue weighted by atomic mass is 10.1. The largest absolute Gasteiger partial charge is 0.497 e. The summed E-state index contributed by atoms with van der Waals surface area (Å²) in [6.45, 7) is 4.11. The lowest BCUT2D eigenvalue weighted by molar-refractivity contribution is -0.146. The van der Waals surface area contributed by atoms with E-state index in [1.54, 1.807) is 28.7 Å². The number of morpholine rings is 1. The second-order valence-electron chi connectivity index (χ2n) is 5.85. The molecule has 130 valence electrons. The van der Waals surface area contributed by atoms with Crippen LogP contribution in [0, 0.1) is 0 Å². The predicted octanol–water partition coefficient (Wildman–Crippen LogP) is 1.52. The van der Waals surface area contributed by atoms with E-state index in [0.29, 0.717) is 32.1 Å². The summed E-state index contributed by atoms with van der Waals surface area (Å²) >= 11 is 1.56. The molecule has 0 spiro atoms. The van der Waals surface area contributed by atoms with Gasteiger partial charge in [-0.05, 0) is 24.6 Å². The monoisotopic (exact) mass is 350 g/mol. The highest BCUT2D eigenvalue weighted by Gasteiger charge is 2.40. The standard InChI is InChI=1S/C17H22N2O4S/c1-12(16(21)18-7-9-23-10-8-18)19-15(20)11-24-17(19)13-3-5-14(22-2)6-4-13/h3-6,12,17H,7-11H2,1-2H3.